The number of urea groups is 1. The van der Waals surface area contributed by atoms with Crippen molar-refractivity contribution in [1.29, 1.82) is 0 Å². The van der Waals surface area contributed by atoms with Crippen LogP contribution in [0.3, 0.4) is 0 Å². The molecular formula is C12H23N3O4. The summed E-state index contributed by atoms with van der Waals surface area (Å²) in [5.74, 6) is -1.65. The third-order valence-corrected chi connectivity index (χ3v) is 2.65. The van der Waals surface area contributed by atoms with Crippen molar-refractivity contribution in [3.63, 3.8) is 0 Å². The SMILES string of the molecule is CCC(C)NC(=O)CNC(=O)NC(C(=O)O)C(C)C. The fourth-order valence-electron chi connectivity index (χ4n) is 1.29. The lowest BCUT2D eigenvalue weighted by Gasteiger charge is -2.18. The van der Waals surface area contributed by atoms with Crippen LogP contribution >= 0.6 is 0 Å². The lowest BCUT2D eigenvalue weighted by Crippen LogP contribution is -2.50. The van der Waals surface area contributed by atoms with Gasteiger partial charge in [0.2, 0.25) is 5.91 Å². The molecule has 110 valence electrons. The van der Waals surface area contributed by atoms with Crippen LogP contribution < -0.4 is 16.0 Å². The molecule has 0 saturated carbocycles. The van der Waals surface area contributed by atoms with E-state index in [0.29, 0.717) is 0 Å². The Morgan fingerprint density at radius 2 is 1.68 bits per heavy atom. The predicted molar refractivity (Wildman–Crippen MR) is 70.7 cm³/mol. The summed E-state index contributed by atoms with van der Waals surface area (Å²) < 4.78 is 0. The Kier molecular flexibility index (Phi) is 7.55. The topological polar surface area (TPSA) is 108 Å². The van der Waals surface area contributed by atoms with E-state index >= 15 is 0 Å². The number of carboxylic acid groups (broad SMARTS) is 1. The van der Waals surface area contributed by atoms with Crippen molar-refractivity contribution in [2.75, 3.05) is 6.54 Å². The number of amides is 3. The maximum absolute atomic E-state index is 11.5. The van der Waals surface area contributed by atoms with E-state index in [1.165, 1.54) is 0 Å². The molecule has 3 amide bonds. The highest BCUT2D eigenvalue weighted by molar-refractivity contribution is 5.86. The van der Waals surface area contributed by atoms with Crippen molar-refractivity contribution < 1.29 is 19.5 Å². The van der Waals surface area contributed by atoms with Gasteiger partial charge < -0.3 is 21.1 Å². The maximum Gasteiger partial charge on any atom is 0.326 e. The number of hydrogen-bond acceptors (Lipinski definition) is 3. The molecule has 0 aliphatic rings. The second-order valence-corrected chi connectivity index (χ2v) is 4.76. The van der Waals surface area contributed by atoms with Crippen molar-refractivity contribution in [3.8, 4) is 0 Å². The average Bonchev–Trinajstić information content (AvgIpc) is 2.32. The third kappa shape index (κ3) is 7.28. The lowest BCUT2D eigenvalue weighted by atomic mass is 10.1. The molecule has 0 aliphatic carbocycles. The number of carbonyl (C=O) groups excluding carboxylic acids is 2. The summed E-state index contributed by atoms with van der Waals surface area (Å²) in [5.41, 5.74) is 0. The molecule has 0 aliphatic heterocycles. The maximum atomic E-state index is 11.5. The summed E-state index contributed by atoms with van der Waals surface area (Å²) in [6.07, 6.45) is 0.798. The molecule has 0 saturated heterocycles. The van der Waals surface area contributed by atoms with Crippen molar-refractivity contribution in [2.24, 2.45) is 5.92 Å². The Labute approximate surface area is 113 Å². The number of hydrogen-bond donors (Lipinski definition) is 4. The number of carboxylic acids is 1. The second-order valence-electron chi connectivity index (χ2n) is 4.76. The zero-order chi connectivity index (χ0) is 15.0. The molecule has 0 spiro atoms. The molecule has 7 nitrogen and oxygen atoms in total. The van der Waals surface area contributed by atoms with Gasteiger partial charge in [0.15, 0.2) is 0 Å². The zero-order valence-corrected chi connectivity index (χ0v) is 11.8. The number of carbonyl (C=O) groups is 3. The number of rotatable bonds is 7. The van der Waals surface area contributed by atoms with Gasteiger partial charge in [0.25, 0.3) is 0 Å². The van der Waals surface area contributed by atoms with Crippen molar-refractivity contribution >= 4 is 17.9 Å². The Morgan fingerprint density at radius 1 is 1.11 bits per heavy atom. The fourth-order valence-corrected chi connectivity index (χ4v) is 1.29. The standard InChI is InChI=1S/C12H23N3O4/c1-5-8(4)14-9(16)6-13-12(19)15-10(7(2)3)11(17)18/h7-8,10H,5-6H2,1-4H3,(H,14,16)(H,17,18)(H2,13,15,19). The Hall–Kier alpha value is -1.79. The Bertz CT molecular complexity index is 331. The minimum Gasteiger partial charge on any atom is -0.480 e. The van der Waals surface area contributed by atoms with E-state index in [1.807, 2.05) is 13.8 Å². The van der Waals surface area contributed by atoms with Crippen LogP contribution in [-0.2, 0) is 9.59 Å². The first-order valence-electron chi connectivity index (χ1n) is 6.34. The summed E-state index contributed by atoms with van der Waals surface area (Å²) in [5, 5.41) is 16.2. The molecule has 19 heavy (non-hydrogen) atoms. The quantitative estimate of drug-likeness (QED) is 0.535. The van der Waals surface area contributed by atoms with Gasteiger partial charge in [-0.15, -0.1) is 0 Å². The number of aliphatic carboxylic acids is 1. The third-order valence-electron chi connectivity index (χ3n) is 2.65. The lowest BCUT2D eigenvalue weighted by molar-refractivity contribution is -0.140. The summed E-state index contributed by atoms with van der Waals surface area (Å²) >= 11 is 0. The van der Waals surface area contributed by atoms with Gasteiger partial charge in [-0.3, -0.25) is 4.79 Å². The molecule has 0 heterocycles. The zero-order valence-electron chi connectivity index (χ0n) is 11.8. The van der Waals surface area contributed by atoms with E-state index in [2.05, 4.69) is 16.0 Å². The van der Waals surface area contributed by atoms with E-state index < -0.39 is 18.0 Å². The molecule has 4 N–H and O–H groups in total. The van der Waals surface area contributed by atoms with Gasteiger partial charge in [-0.05, 0) is 19.3 Å². The second kappa shape index (κ2) is 8.34. The van der Waals surface area contributed by atoms with Crippen LogP contribution in [0.2, 0.25) is 0 Å². The van der Waals surface area contributed by atoms with Gasteiger partial charge >= 0.3 is 12.0 Å². The van der Waals surface area contributed by atoms with Crippen LogP contribution in [0.4, 0.5) is 4.79 Å². The molecule has 2 unspecified atom stereocenters. The van der Waals surface area contributed by atoms with E-state index in [-0.39, 0.29) is 24.4 Å². The van der Waals surface area contributed by atoms with Gasteiger partial charge in [0.05, 0.1) is 6.54 Å². The molecule has 2 atom stereocenters. The highest BCUT2D eigenvalue weighted by atomic mass is 16.4. The van der Waals surface area contributed by atoms with Crippen LogP contribution in [0.25, 0.3) is 0 Å². The van der Waals surface area contributed by atoms with Crippen LogP contribution in [0.1, 0.15) is 34.1 Å². The molecule has 7 heteroatoms. The highest BCUT2D eigenvalue weighted by Crippen LogP contribution is 2.01. The van der Waals surface area contributed by atoms with Gasteiger partial charge in [0, 0.05) is 6.04 Å². The first-order chi connectivity index (χ1) is 8.77. The molecule has 0 aromatic rings. The summed E-state index contributed by atoms with van der Waals surface area (Å²) in [6.45, 7) is 6.99. The first kappa shape index (κ1) is 17.2. The van der Waals surface area contributed by atoms with Crippen LogP contribution in [-0.4, -0.2) is 41.6 Å². The van der Waals surface area contributed by atoms with E-state index in [1.54, 1.807) is 13.8 Å². The van der Waals surface area contributed by atoms with Crippen molar-refractivity contribution in [2.45, 2.75) is 46.2 Å². The molecule has 0 aromatic heterocycles. The molecule has 0 aromatic carbocycles. The fraction of sp³-hybridized carbons (Fsp3) is 0.750. The predicted octanol–water partition coefficient (Wildman–Crippen LogP) is 0.310. The van der Waals surface area contributed by atoms with E-state index in [4.69, 9.17) is 5.11 Å². The molecular weight excluding hydrogens is 250 g/mol. The molecule has 0 bridgehead atoms. The summed E-state index contributed by atoms with van der Waals surface area (Å²) in [4.78, 5) is 33.7. The van der Waals surface area contributed by atoms with Gasteiger partial charge in [-0.1, -0.05) is 20.8 Å². The minimum atomic E-state index is -1.10. The van der Waals surface area contributed by atoms with E-state index in [9.17, 15) is 14.4 Å². The van der Waals surface area contributed by atoms with Crippen LogP contribution in [0.5, 0.6) is 0 Å². The van der Waals surface area contributed by atoms with Gasteiger partial charge in [-0.2, -0.15) is 0 Å². The summed E-state index contributed by atoms with van der Waals surface area (Å²) in [6, 6.07) is -1.60. The van der Waals surface area contributed by atoms with Crippen LogP contribution in [0.15, 0.2) is 0 Å². The molecule has 0 radical (unpaired) electrons. The highest BCUT2D eigenvalue weighted by Gasteiger charge is 2.23. The average molecular weight is 273 g/mol. The number of nitrogens with one attached hydrogen (secondary N) is 3. The van der Waals surface area contributed by atoms with Crippen molar-refractivity contribution in [3.05, 3.63) is 0 Å². The smallest absolute Gasteiger partial charge is 0.326 e. The first-order valence-corrected chi connectivity index (χ1v) is 6.34. The molecule has 0 rings (SSSR count). The monoisotopic (exact) mass is 273 g/mol. The molecule has 0 fully saturated rings. The minimum absolute atomic E-state index is 0.0415. The summed E-state index contributed by atoms with van der Waals surface area (Å²) in [7, 11) is 0. The van der Waals surface area contributed by atoms with Gasteiger partial charge in [0.1, 0.15) is 6.04 Å². The van der Waals surface area contributed by atoms with E-state index in [0.717, 1.165) is 6.42 Å². The largest absolute Gasteiger partial charge is 0.480 e. The Morgan fingerprint density at radius 3 is 2.11 bits per heavy atom. The van der Waals surface area contributed by atoms with Gasteiger partial charge in [-0.25, -0.2) is 9.59 Å². The normalized spacial score (nSPS) is 13.5. The Balaban J connectivity index is 4.11. The van der Waals surface area contributed by atoms with Crippen molar-refractivity contribution in [1.82, 2.24) is 16.0 Å². The van der Waals surface area contributed by atoms with Crippen LogP contribution in [0, 0.1) is 5.92 Å².